The lowest BCUT2D eigenvalue weighted by atomic mass is 9.69. The van der Waals surface area contributed by atoms with Crippen LogP contribution in [0.15, 0.2) is 36.4 Å². The number of benzene rings is 1. The third-order valence-electron chi connectivity index (χ3n) is 7.54. The molecule has 37 heavy (non-hydrogen) atoms. The van der Waals surface area contributed by atoms with E-state index in [4.69, 9.17) is 9.84 Å². The number of hydrogen-bond acceptors (Lipinski definition) is 7. The zero-order chi connectivity index (χ0) is 26.4. The zero-order valence-corrected chi connectivity index (χ0v) is 21.6. The first kappa shape index (κ1) is 26.8. The molecule has 5 atom stereocenters. The van der Waals surface area contributed by atoms with Crippen molar-refractivity contribution in [2.24, 2.45) is 23.7 Å². The lowest BCUT2D eigenvalue weighted by molar-refractivity contribution is -0.155. The highest BCUT2D eigenvalue weighted by atomic mass is 16.5. The van der Waals surface area contributed by atoms with E-state index >= 15 is 0 Å². The molecular weight excluding hydrogens is 474 g/mol. The number of ether oxygens (including phenoxy) is 1. The molecule has 1 aliphatic heterocycles. The first-order valence-electron chi connectivity index (χ1n) is 13.3. The van der Waals surface area contributed by atoms with Gasteiger partial charge in [-0.3, -0.25) is 14.4 Å². The molecule has 2 aromatic rings. The molecule has 1 saturated heterocycles. The molecule has 2 heterocycles. The van der Waals surface area contributed by atoms with Crippen LogP contribution in [-0.4, -0.2) is 68.6 Å². The topological polar surface area (TPSA) is 127 Å². The quantitative estimate of drug-likeness (QED) is 0.254. The van der Waals surface area contributed by atoms with Gasteiger partial charge in [0.1, 0.15) is 18.2 Å². The van der Waals surface area contributed by atoms with Crippen LogP contribution < -0.4 is 5.32 Å². The minimum atomic E-state index is -0.726. The van der Waals surface area contributed by atoms with Gasteiger partial charge in [-0.25, -0.2) is 4.68 Å². The van der Waals surface area contributed by atoms with Crippen molar-refractivity contribution in [3.63, 3.8) is 0 Å². The molecule has 0 bridgehead atoms. The summed E-state index contributed by atoms with van der Waals surface area (Å²) in [5.41, 5.74) is 1.53. The van der Waals surface area contributed by atoms with E-state index in [1.54, 1.807) is 16.5 Å². The first-order chi connectivity index (χ1) is 18.0. The van der Waals surface area contributed by atoms with Gasteiger partial charge < -0.3 is 20.1 Å². The third-order valence-corrected chi connectivity index (χ3v) is 7.54. The maximum atomic E-state index is 13.8. The second-order valence-electron chi connectivity index (χ2n) is 9.73. The van der Waals surface area contributed by atoms with Crippen LogP contribution in [0, 0.1) is 23.7 Å². The molecule has 1 aromatic heterocycles. The molecule has 200 valence electrons. The van der Waals surface area contributed by atoms with Gasteiger partial charge in [0.15, 0.2) is 0 Å². The van der Waals surface area contributed by atoms with Gasteiger partial charge in [0.25, 0.3) is 0 Å². The highest BCUT2D eigenvalue weighted by Gasteiger charge is 2.57. The summed E-state index contributed by atoms with van der Waals surface area (Å²) >= 11 is 0. The number of unbranched alkanes of at least 4 members (excludes halogenated alkanes) is 3. The SMILES string of the molecule is CCOC(=O)[C@H]1[C@@H]2C(=O)N(CCCCCCO)[C@H](C(=O)NCn3nnc4ccccc43)[C@H]2C=C[C@H]1CC. The molecule has 10 nitrogen and oxygen atoms in total. The Kier molecular flexibility index (Phi) is 8.91. The molecule has 2 N–H and O–H groups in total. The number of aliphatic hydroxyl groups excluding tert-OH is 1. The Morgan fingerprint density at radius 3 is 2.65 bits per heavy atom. The van der Waals surface area contributed by atoms with E-state index in [2.05, 4.69) is 15.6 Å². The van der Waals surface area contributed by atoms with Gasteiger partial charge in [0.05, 0.1) is 24.0 Å². The van der Waals surface area contributed by atoms with Crippen molar-refractivity contribution in [1.29, 1.82) is 0 Å². The van der Waals surface area contributed by atoms with E-state index in [9.17, 15) is 14.4 Å². The number of aliphatic hydroxyl groups is 1. The number of rotatable bonds is 12. The normalized spacial score (nSPS) is 24.9. The summed E-state index contributed by atoms with van der Waals surface area (Å²) in [5, 5.41) is 20.3. The highest BCUT2D eigenvalue weighted by Crippen LogP contribution is 2.45. The van der Waals surface area contributed by atoms with E-state index in [0.29, 0.717) is 25.8 Å². The second-order valence-corrected chi connectivity index (χ2v) is 9.73. The Bertz CT molecular complexity index is 1130. The van der Waals surface area contributed by atoms with Gasteiger partial charge in [0.2, 0.25) is 11.8 Å². The number of carbonyl (C=O) groups excluding carboxylic acids is 3. The minimum Gasteiger partial charge on any atom is -0.466 e. The number of aromatic nitrogens is 3. The summed E-state index contributed by atoms with van der Waals surface area (Å²) in [7, 11) is 0. The molecule has 0 saturated carbocycles. The first-order valence-corrected chi connectivity index (χ1v) is 13.3. The zero-order valence-electron chi connectivity index (χ0n) is 21.6. The van der Waals surface area contributed by atoms with Gasteiger partial charge >= 0.3 is 5.97 Å². The van der Waals surface area contributed by atoms with Crippen molar-refractivity contribution in [2.45, 2.75) is 58.7 Å². The standard InChI is InChI=1S/C27H37N5O5/c1-3-18-13-14-19-23(22(18)27(36)37-4-2)26(35)31(15-9-5-6-10-16-33)24(19)25(34)28-17-32-21-12-8-7-11-20(21)29-30-32/h7-8,11-14,18-19,22-24,33H,3-6,9-10,15-17H2,1-2H3,(H,28,34)/t18-,19+,22-,23-,24+/m1/s1. The molecule has 10 heteroatoms. The van der Waals surface area contributed by atoms with Gasteiger partial charge in [-0.15, -0.1) is 5.10 Å². The van der Waals surface area contributed by atoms with Crippen LogP contribution >= 0.6 is 0 Å². The number of amides is 2. The van der Waals surface area contributed by atoms with Gasteiger partial charge in [0, 0.05) is 19.1 Å². The molecule has 0 radical (unpaired) electrons. The average Bonchev–Trinajstić information content (AvgIpc) is 3.45. The molecule has 1 fully saturated rings. The van der Waals surface area contributed by atoms with Gasteiger partial charge in [-0.2, -0.15) is 0 Å². The van der Waals surface area contributed by atoms with Crippen LogP contribution in [0.4, 0.5) is 0 Å². The predicted molar refractivity (Wildman–Crippen MR) is 137 cm³/mol. The second kappa shape index (κ2) is 12.3. The fourth-order valence-electron chi connectivity index (χ4n) is 5.73. The molecule has 2 aliphatic rings. The Morgan fingerprint density at radius 2 is 1.89 bits per heavy atom. The summed E-state index contributed by atoms with van der Waals surface area (Å²) in [6.45, 7) is 4.67. The van der Waals surface area contributed by atoms with E-state index in [1.165, 1.54) is 0 Å². The van der Waals surface area contributed by atoms with E-state index in [0.717, 1.165) is 23.9 Å². The molecule has 0 spiro atoms. The maximum Gasteiger partial charge on any atom is 0.310 e. The van der Waals surface area contributed by atoms with Crippen LogP contribution in [-0.2, 0) is 25.8 Å². The van der Waals surface area contributed by atoms with Crippen LogP contribution in [0.5, 0.6) is 0 Å². The summed E-state index contributed by atoms with van der Waals surface area (Å²) in [6, 6.07) is 6.77. The number of fused-ring (bicyclic) bond motifs is 2. The van der Waals surface area contributed by atoms with Crippen molar-refractivity contribution in [3.8, 4) is 0 Å². The number of nitrogens with zero attached hydrogens (tertiary/aromatic N) is 4. The van der Waals surface area contributed by atoms with E-state index in [-0.39, 0.29) is 43.6 Å². The van der Waals surface area contributed by atoms with Crippen molar-refractivity contribution >= 4 is 28.8 Å². The van der Waals surface area contributed by atoms with Crippen molar-refractivity contribution < 1.29 is 24.2 Å². The summed E-state index contributed by atoms with van der Waals surface area (Å²) < 4.78 is 6.99. The van der Waals surface area contributed by atoms with Crippen LogP contribution in [0.25, 0.3) is 11.0 Å². The largest absolute Gasteiger partial charge is 0.466 e. The Labute approximate surface area is 217 Å². The van der Waals surface area contributed by atoms with E-state index < -0.39 is 23.8 Å². The van der Waals surface area contributed by atoms with Crippen molar-refractivity contribution in [1.82, 2.24) is 25.2 Å². The van der Waals surface area contributed by atoms with Gasteiger partial charge in [-0.1, -0.05) is 49.3 Å². The number of hydrogen-bond donors (Lipinski definition) is 2. The minimum absolute atomic E-state index is 0.112. The highest BCUT2D eigenvalue weighted by molar-refractivity contribution is 5.96. The van der Waals surface area contributed by atoms with E-state index in [1.807, 2.05) is 43.3 Å². The van der Waals surface area contributed by atoms with Gasteiger partial charge in [-0.05, 0) is 44.2 Å². The molecule has 1 aromatic carbocycles. The number of para-hydroxylation sites is 1. The number of likely N-dealkylation sites (tertiary alicyclic amines) is 1. The summed E-state index contributed by atoms with van der Waals surface area (Å²) in [6.07, 6.45) is 7.75. The molecule has 2 amide bonds. The van der Waals surface area contributed by atoms with Crippen molar-refractivity contribution in [2.75, 3.05) is 19.8 Å². The Balaban J connectivity index is 1.57. The number of esters is 1. The lowest BCUT2D eigenvalue weighted by Gasteiger charge is -2.33. The summed E-state index contributed by atoms with van der Waals surface area (Å²) in [5.74, 6) is -2.60. The number of allylic oxidation sites excluding steroid dienone is 1. The summed E-state index contributed by atoms with van der Waals surface area (Å²) in [4.78, 5) is 42.1. The fraction of sp³-hybridized carbons (Fsp3) is 0.593. The lowest BCUT2D eigenvalue weighted by Crippen LogP contribution is -2.48. The predicted octanol–water partition coefficient (Wildman–Crippen LogP) is 2.28. The number of nitrogens with one attached hydrogen (secondary N) is 1. The van der Waals surface area contributed by atoms with Crippen LogP contribution in [0.2, 0.25) is 0 Å². The molecular formula is C27H37N5O5. The number of carbonyl (C=O) groups is 3. The van der Waals surface area contributed by atoms with Crippen molar-refractivity contribution in [3.05, 3.63) is 36.4 Å². The molecule has 4 rings (SSSR count). The smallest absolute Gasteiger partial charge is 0.310 e. The monoisotopic (exact) mass is 511 g/mol. The molecule has 1 aliphatic carbocycles. The molecule has 0 unspecified atom stereocenters. The average molecular weight is 512 g/mol. The third kappa shape index (κ3) is 5.53. The van der Waals surface area contributed by atoms with Crippen LogP contribution in [0.3, 0.4) is 0 Å². The maximum absolute atomic E-state index is 13.8. The fourth-order valence-corrected chi connectivity index (χ4v) is 5.73. The Morgan fingerprint density at radius 1 is 1.11 bits per heavy atom. The van der Waals surface area contributed by atoms with Crippen LogP contribution in [0.1, 0.15) is 46.0 Å². The Hall–Kier alpha value is -3.27.